The molecular formula is C9H16O. The second kappa shape index (κ2) is 2.23. The zero-order valence-electron chi connectivity index (χ0n) is 6.59. The number of rotatable bonds is 0. The van der Waals surface area contributed by atoms with Crippen molar-refractivity contribution in [1.82, 2.24) is 0 Å². The van der Waals surface area contributed by atoms with Crippen molar-refractivity contribution in [3.05, 3.63) is 0 Å². The molecule has 0 heterocycles. The fraction of sp³-hybridized carbons (Fsp3) is 1.00. The molecule has 1 heteroatoms. The van der Waals surface area contributed by atoms with Crippen molar-refractivity contribution < 1.29 is 5.11 Å². The minimum atomic E-state index is 0.0153. The Morgan fingerprint density at radius 2 is 1.70 bits per heavy atom. The highest BCUT2D eigenvalue weighted by Crippen LogP contribution is 2.46. The number of fused-ring (bicyclic) bond motifs is 1. The van der Waals surface area contributed by atoms with Crippen LogP contribution in [-0.2, 0) is 0 Å². The maximum Gasteiger partial charge on any atom is 0.0568 e. The van der Waals surface area contributed by atoms with Gasteiger partial charge in [0.1, 0.15) is 0 Å². The first-order valence-electron chi connectivity index (χ1n) is 4.45. The van der Waals surface area contributed by atoms with E-state index in [9.17, 15) is 5.11 Å². The van der Waals surface area contributed by atoms with Crippen LogP contribution in [-0.4, -0.2) is 11.2 Å². The molecule has 2 fully saturated rings. The Kier molecular flexibility index (Phi) is 1.48. The van der Waals surface area contributed by atoms with Crippen LogP contribution in [0.5, 0.6) is 0 Å². The predicted molar refractivity (Wildman–Crippen MR) is 40.6 cm³/mol. The van der Waals surface area contributed by atoms with E-state index in [-0.39, 0.29) is 6.10 Å². The molecule has 1 N–H and O–H groups in total. The number of aliphatic hydroxyl groups excluding tert-OH is 1. The quantitative estimate of drug-likeness (QED) is 0.544. The molecule has 0 radical (unpaired) electrons. The van der Waals surface area contributed by atoms with Crippen molar-refractivity contribution in [2.45, 2.75) is 38.7 Å². The van der Waals surface area contributed by atoms with Crippen molar-refractivity contribution in [1.29, 1.82) is 0 Å². The molecular weight excluding hydrogens is 124 g/mol. The van der Waals surface area contributed by atoms with Crippen molar-refractivity contribution in [2.24, 2.45) is 17.8 Å². The summed E-state index contributed by atoms with van der Waals surface area (Å²) in [6.45, 7) is 2.18. The molecule has 10 heavy (non-hydrogen) atoms. The van der Waals surface area contributed by atoms with E-state index < -0.39 is 0 Å². The fourth-order valence-electron chi connectivity index (χ4n) is 2.44. The summed E-state index contributed by atoms with van der Waals surface area (Å²) in [5.41, 5.74) is 0. The summed E-state index contributed by atoms with van der Waals surface area (Å²) in [7, 11) is 0. The van der Waals surface area contributed by atoms with Crippen LogP contribution in [0.15, 0.2) is 0 Å². The van der Waals surface area contributed by atoms with Gasteiger partial charge in [0, 0.05) is 0 Å². The van der Waals surface area contributed by atoms with Gasteiger partial charge < -0.3 is 5.11 Å². The Morgan fingerprint density at radius 3 is 2.20 bits per heavy atom. The third-order valence-corrected chi connectivity index (χ3v) is 3.45. The largest absolute Gasteiger partial charge is 0.393 e. The van der Waals surface area contributed by atoms with E-state index in [4.69, 9.17) is 0 Å². The summed E-state index contributed by atoms with van der Waals surface area (Å²) in [6.07, 6.45) is 5.20. The lowest BCUT2D eigenvalue weighted by Crippen LogP contribution is -2.39. The van der Waals surface area contributed by atoms with E-state index in [2.05, 4.69) is 6.92 Å². The second-order valence-electron chi connectivity index (χ2n) is 4.11. The van der Waals surface area contributed by atoms with Gasteiger partial charge in [-0.15, -0.1) is 0 Å². The first-order chi connectivity index (χ1) is 4.77. The Hall–Kier alpha value is -0.0400. The van der Waals surface area contributed by atoms with Gasteiger partial charge in [-0.2, -0.15) is 0 Å². The Balaban J connectivity index is 1.96. The van der Waals surface area contributed by atoms with Gasteiger partial charge in [-0.25, -0.2) is 0 Å². The minimum absolute atomic E-state index is 0.0153. The number of hydrogen-bond donors (Lipinski definition) is 1. The zero-order valence-corrected chi connectivity index (χ0v) is 6.59. The van der Waals surface area contributed by atoms with Gasteiger partial charge in [0.25, 0.3) is 0 Å². The van der Waals surface area contributed by atoms with Crippen molar-refractivity contribution in [3.63, 3.8) is 0 Å². The molecule has 2 rings (SSSR count). The first kappa shape index (κ1) is 6.66. The van der Waals surface area contributed by atoms with E-state index in [1.165, 1.54) is 19.3 Å². The maximum atomic E-state index is 9.50. The van der Waals surface area contributed by atoms with E-state index in [1.807, 2.05) is 0 Å². The van der Waals surface area contributed by atoms with E-state index in [0.29, 0.717) is 5.92 Å². The molecule has 0 aromatic carbocycles. The first-order valence-corrected chi connectivity index (χ1v) is 4.45. The van der Waals surface area contributed by atoms with Gasteiger partial charge in [-0.05, 0) is 43.4 Å². The topological polar surface area (TPSA) is 20.2 Å². The molecule has 58 valence electrons. The predicted octanol–water partition coefficient (Wildman–Crippen LogP) is 1.80. The normalized spacial score (nSPS) is 53.4. The molecule has 4 atom stereocenters. The minimum Gasteiger partial charge on any atom is -0.393 e. The molecule has 2 aliphatic carbocycles. The Bertz CT molecular complexity index is 113. The van der Waals surface area contributed by atoms with Crippen LogP contribution < -0.4 is 0 Å². The Morgan fingerprint density at radius 1 is 1.10 bits per heavy atom. The van der Waals surface area contributed by atoms with Gasteiger partial charge in [0.15, 0.2) is 0 Å². The zero-order chi connectivity index (χ0) is 7.14. The molecule has 2 unspecified atom stereocenters. The third-order valence-electron chi connectivity index (χ3n) is 3.45. The van der Waals surface area contributed by atoms with Crippen molar-refractivity contribution >= 4 is 0 Å². The van der Waals surface area contributed by atoms with Gasteiger partial charge in [0.2, 0.25) is 0 Å². The fourth-order valence-corrected chi connectivity index (χ4v) is 2.44. The molecule has 1 nitrogen and oxygen atoms in total. The molecule has 0 aliphatic heterocycles. The van der Waals surface area contributed by atoms with Crippen molar-refractivity contribution in [3.8, 4) is 0 Å². The van der Waals surface area contributed by atoms with E-state index in [1.54, 1.807) is 0 Å². The average molecular weight is 140 g/mol. The SMILES string of the molecule is C[C@H]1CC2CCC2C[C@H]1O. The maximum absolute atomic E-state index is 9.50. The van der Waals surface area contributed by atoms with Gasteiger partial charge in [-0.3, -0.25) is 0 Å². The lowest BCUT2D eigenvalue weighted by molar-refractivity contribution is -0.0196. The molecule has 0 amide bonds. The highest BCUT2D eigenvalue weighted by molar-refractivity contribution is 4.90. The van der Waals surface area contributed by atoms with Crippen LogP contribution in [0.3, 0.4) is 0 Å². The highest BCUT2D eigenvalue weighted by Gasteiger charge is 2.39. The molecule has 2 aliphatic rings. The van der Waals surface area contributed by atoms with E-state index >= 15 is 0 Å². The second-order valence-corrected chi connectivity index (χ2v) is 4.11. The molecule has 0 aromatic rings. The van der Waals surface area contributed by atoms with Gasteiger partial charge in [-0.1, -0.05) is 6.92 Å². The molecule has 0 spiro atoms. The number of aliphatic hydroxyl groups is 1. The lowest BCUT2D eigenvalue weighted by atomic mass is 9.62. The lowest BCUT2D eigenvalue weighted by Gasteiger charge is -2.45. The number of hydrogen-bond acceptors (Lipinski definition) is 1. The Labute approximate surface area is 62.4 Å². The average Bonchev–Trinajstić information content (AvgIpc) is 1.89. The summed E-state index contributed by atoms with van der Waals surface area (Å²) in [4.78, 5) is 0. The van der Waals surface area contributed by atoms with Gasteiger partial charge >= 0.3 is 0 Å². The molecule has 0 aromatic heterocycles. The van der Waals surface area contributed by atoms with Crippen LogP contribution in [0, 0.1) is 17.8 Å². The monoisotopic (exact) mass is 140 g/mol. The van der Waals surface area contributed by atoms with Gasteiger partial charge in [0.05, 0.1) is 6.10 Å². The molecule has 0 bridgehead atoms. The smallest absolute Gasteiger partial charge is 0.0568 e. The standard InChI is InChI=1S/C9H16O/c1-6-4-7-2-3-8(7)5-9(6)10/h6-10H,2-5H2,1H3/t6-,7?,8?,9+/m0/s1. The highest BCUT2D eigenvalue weighted by atomic mass is 16.3. The van der Waals surface area contributed by atoms with Crippen molar-refractivity contribution in [2.75, 3.05) is 0 Å². The third kappa shape index (κ3) is 0.878. The molecule has 0 saturated heterocycles. The summed E-state index contributed by atoms with van der Waals surface area (Å²) >= 11 is 0. The molecule has 2 saturated carbocycles. The van der Waals surface area contributed by atoms with Crippen LogP contribution in [0.1, 0.15) is 32.6 Å². The summed E-state index contributed by atoms with van der Waals surface area (Å²) in [5.74, 6) is 2.45. The van der Waals surface area contributed by atoms with Crippen LogP contribution >= 0.6 is 0 Å². The summed E-state index contributed by atoms with van der Waals surface area (Å²) in [5, 5.41) is 9.50. The van der Waals surface area contributed by atoms with Crippen LogP contribution in [0.4, 0.5) is 0 Å². The summed E-state index contributed by atoms with van der Waals surface area (Å²) < 4.78 is 0. The van der Waals surface area contributed by atoms with E-state index in [0.717, 1.165) is 18.3 Å². The summed E-state index contributed by atoms with van der Waals surface area (Å²) in [6, 6.07) is 0. The van der Waals surface area contributed by atoms with Crippen LogP contribution in [0.25, 0.3) is 0 Å². The van der Waals surface area contributed by atoms with Crippen LogP contribution in [0.2, 0.25) is 0 Å².